The molecule has 1 aromatic carbocycles. The minimum Gasteiger partial charge on any atom is -0.452 e. The smallest absolute Gasteiger partial charge is 0.338 e. The van der Waals surface area contributed by atoms with Crippen molar-refractivity contribution in [1.82, 2.24) is 5.32 Å². The van der Waals surface area contributed by atoms with Crippen LogP contribution in [0.25, 0.3) is 0 Å². The van der Waals surface area contributed by atoms with Crippen LogP contribution in [-0.2, 0) is 19.4 Å². The van der Waals surface area contributed by atoms with E-state index in [1.165, 1.54) is 0 Å². The molecule has 1 N–H and O–H groups in total. The monoisotopic (exact) mass is 311 g/mol. The van der Waals surface area contributed by atoms with Crippen LogP contribution in [0.15, 0.2) is 24.3 Å². The van der Waals surface area contributed by atoms with E-state index in [4.69, 9.17) is 4.74 Å². The topological polar surface area (TPSA) is 89.5 Å². The van der Waals surface area contributed by atoms with Gasteiger partial charge in [0.25, 0.3) is 5.91 Å². The van der Waals surface area contributed by atoms with Gasteiger partial charge < -0.3 is 10.1 Å². The first kappa shape index (κ1) is 15.5. The van der Waals surface area contributed by atoms with Gasteiger partial charge in [-0.05, 0) is 25.5 Å². The van der Waals surface area contributed by atoms with E-state index in [0.29, 0.717) is 12.0 Å². The third kappa shape index (κ3) is 4.56. The highest BCUT2D eigenvalue weighted by Gasteiger charge is 2.29. The highest BCUT2D eigenvalue weighted by Crippen LogP contribution is 2.11. The number of ether oxygens (including phenoxy) is 1. The van der Waals surface area contributed by atoms with Gasteiger partial charge in [-0.2, -0.15) is 0 Å². The summed E-state index contributed by atoms with van der Waals surface area (Å²) in [5.41, 5.74) is 1.39. The lowest BCUT2D eigenvalue weighted by atomic mass is 10.1. The number of hydrogen-bond donors (Lipinski definition) is 1. The summed E-state index contributed by atoms with van der Waals surface area (Å²) < 4.78 is 27.4. The first-order valence-electron chi connectivity index (χ1n) is 6.59. The SMILES string of the molecule is Cc1ccc(C(=O)OCC(=O)N[C@@H]2CCS(=O)(=O)C2)cc1. The summed E-state index contributed by atoms with van der Waals surface area (Å²) >= 11 is 0. The number of aryl methyl sites for hydroxylation is 1. The molecule has 1 amide bonds. The Kier molecular flexibility index (Phi) is 4.62. The minimum atomic E-state index is -3.04. The second-order valence-electron chi connectivity index (χ2n) is 5.11. The van der Waals surface area contributed by atoms with Crippen molar-refractivity contribution in [2.24, 2.45) is 0 Å². The molecule has 21 heavy (non-hydrogen) atoms. The van der Waals surface area contributed by atoms with Crippen molar-refractivity contribution in [3.63, 3.8) is 0 Å². The van der Waals surface area contributed by atoms with Crippen LogP contribution >= 0.6 is 0 Å². The zero-order valence-electron chi connectivity index (χ0n) is 11.7. The second kappa shape index (κ2) is 6.26. The number of carbonyl (C=O) groups is 2. The van der Waals surface area contributed by atoms with Gasteiger partial charge in [-0.15, -0.1) is 0 Å². The lowest BCUT2D eigenvalue weighted by Crippen LogP contribution is -2.38. The summed E-state index contributed by atoms with van der Waals surface area (Å²) in [7, 11) is -3.04. The molecule has 1 aromatic rings. The Balaban J connectivity index is 1.79. The van der Waals surface area contributed by atoms with Crippen LogP contribution in [-0.4, -0.2) is 44.4 Å². The van der Waals surface area contributed by atoms with Crippen molar-refractivity contribution in [1.29, 1.82) is 0 Å². The Morgan fingerprint density at radius 1 is 1.29 bits per heavy atom. The largest absolute Gasteiger partial charge is 0.452 e. The third-order valence-corrected chi connectivity index (χ3v) is 4.99. The molecule has 1 saturated heterocycles. The summed E-state index contributed by atoms with van der Waals surface area (Å²) in [5.74, 6) is -1.03. The lowest BCUT2D eigenvalue weighted by molar-refractivity contribution is -0.124. The van der Waals surface area contributed by atoms with Gasteiger partial charge in [0.1, 0.15) is 0 Å². The maximum absolute atomic E-state index is 11.7. The molecule has 0 bridgehead atoms. The molecule has 0 saturated carbocycles. The Morgan fingerprint density at radius 3 is 2.52 bits per heavy atom. The van der Waals surface area contributed by atoms with E-state index in [1.807, 2.05) is 6.92 Å². The molecule has 1 aliphatic rings. The molecule has 7 heteroatoms. The van der Waals surface area contributed by atoms with Crippen molar-refractivity contribution in [2.45, 2.75) is 19.4 Å². The number of rotatable bonds is 4. The summed E-state index contributed by atoms with van der Waals surface area (Å²) in [4.78, 5) is 23.3. The molecule has 0 spiro atoms. The van der Waals surface area contributed by atoms with Crippen LogP contribution < -0.4 is 5.32 Å². The molecule has 6 nitrogen and oxygen atoms in total. The highest BCUT2D eigenvalue weighted by molar-refractivity contribution is 7.91. The summed E-state index contributed by atoms with van der Waals surface area (Å²) in [6.45, 7) is 1.49. The zero-order chi connectivity index (χ0) is 15.5. The van der Waals surface area contributed by atoms with Gasteiger partial charge in [0, 0.05) is 6.04 Å². The van der Waals surface area contributed by atoms with Crippen molar-refractivity contribution < 1.29 is 22.7 Å². The van der Waals surface area contributed by atoms with E-state index in [2.05, 4.69) is 5.32 Å². The Morgan fingerprint density at radius 2 is 1.95 bits per heavy atom. The number of esters is 1. The molecule has 2 rings (SSSR count). The van der Waals surface area contributed by atoms with Crippen molar-refractivity contribution >= 4 is 21.7 Å². The minimum absolute atomic E-state index is 0.0509. The number of sulfone groups is 1. The van der Waals surface area contributed by atoms with E-state index in [-0.39, 0.29) is 17.5 Å². The zero-order valence-corrected chi connectivity index (χ0v) is 12.5. The third-order valence-electron chi connectivity index (χ3n) is 3.22. The van der Waals surface area contributed by atoms with Gasteiger partial charge in [-0.3, -0.25) is 4.79 Å². The Hall–Kier alpha value is -1.89. The lowest BCUT2D eigenvalue weighted by Gasteiger charge is -2.11. The fraction of sp³-hybridized carbons (Fsp3) is 0.429. The van der Waals surface area contributed by atoms with Crippen molar-refractivity contribution in [2.75, 3.05) is 18.1 Å². The molecule has 1 fully saturated rings. The first-order valence-corrected chi connectivity index (χ1v) is 8.41. The van der Waals surface area contributed by atoms with Crippen LogP contribution in [0.2, 0.25) is 0 Å². The summed E-state index contributed by atoms with van der Waals surface area (Å²) in [6, 6.07) is 6.42. The Labute approximate surface area is 123 Å². The molecular weight excluding hydrogens is 294 g/mol. The second-order valence-corrected chi connectivity index (χ2v) is 7.34. The molecule has 0 aliphatic carbocycles. The quantitative estimate of drug-likeness (QED) is 0.816. The number of benzene rings is 1. The molecule has 0 radical (unpaired) electrons. The van der Waals surface area contributed by atoms with Gasteiger partial charge >= 0.3 is 5.97 Å². The van der Waals surface area contributed by atoms with Crippen molar-refractivity contribution in [3.05, 3.63) is 35.4 Å². The summed E-state index contributed by atoms with van der Waals surface area (Å²) in [5, 5.41) is 2.56. The number of nitrogens with one attached hydrogen (secondary N) is 1. The number of amides is 1. The van der Waals surface area contributed by atoms with Crippen LogP contribution in [0.1, 0.15) is 22.3 Å². The molecule has 1 heterocycles. The fourth-order valence-corrected chi connectivity index (χ4v) is 3.76. The fourth-order valence-electron chi connectivity index (χ4n) is 2.08. The van der Waals surface area contributed by atoms with Crippen LogP contribution in [0.5, 0.6) is 0 Å². The van der Waals surface area contributed by atoms with Gasteiger partial charge in [0.2, 0.25) is 0 Å². The molecule has 1 aliphatic heterocycles. The van der Waals surface area contributed by atoms with Gasteiger partial charge in [0.15, 0.2) is 16.4 Å². The van der Waals surface area contributed by atoms with Crippen LogP contribution in [0.4, 0.5) is 0 Å². The van der Waals surface area contributed by atoms with E-state index >= 15 is 0 Å². The van der Waals surface area contributed by atoms with Crippen molar-refractivity contribution in [3.8, 4) is 0 Å². The first-order chi connectivity index (χ1) is 9.85. The predicted octanol–water partition coefficient (Wildman–Crippen LogP) is 0.455. The van der Waals surface area contributed by atoms with E-state index in [1.54, 1.807) is 24.3 Å². The van der Waals surface area contributed by atoms with E-state index in [9.17, 15) is 18.0 Å². The molecule has 0 aromatic heterocycles. The maximum atomic E-state index is 11.7. The molecule has 0 unspecified atom stereocenters. The predicted molar refractivity (Wildman–Crippen MR) is 76.7 cm³/mol. The molecule has 1 atom stereocenters. The van der Waals surface area contributed by atoms with Gasteiger partial charge in [-0.1, -0.05) is 17.7 Å². The average Bonchev–Trinajstić information content (AvgIpc) is 2.76. The van der Waals surface area contributed by atoms with E-state index < -0.39 is 28.3 Å². The van der Waals surface area contributed by atoms with Crippen LogP contribution in [0, 0.1) is 6.92 Å². The number of hydrogen-bond acceptors (Lipinski definition) is 5. The standard InChI is InChI=1S/C14H17NO5S/c1-10-2-4-11(5-3-10)14(17)20-8-13(16)15-12-6-7-21(18,19)9-12/h2-5,12H,6-9H2,1H3,(H,15,16)/t12-/m1/s1. The van der Waals surface area contributed by atoms with Crippen LogP contribution in [0.3, 0.4) is 0 Å². The molecule has 114 valence electrons. The Bertz CT molecular complexity index is 636. The number of carbonyl (C=O) groups excluding carboxylic acids is 2. The molecular formula is C14H17NO5S. The summed E-state index contributed by atoms with van der Waals surface area (Å²) in [6.07, 6.45) is 0.403. The highest BCUT2D eigenvalue weighted by atomic mass is 32.2. The maximum Gasteiger partial charge on any atom is 0.338 e. The average molecular weight is 311 g/mol. The normalized spacial score (nSPS) is 20.0. The van der Waals surface area contributed by atoms with Gasteiger partial charge in [-0.25, -0.2) is 13.2 Å². The van der Waals surface area contributed by atoms with Gasteiger partial charge in [0.05, 0.1) is 17.1 Å². The van der Waals surface area contributed by atoms with E-state index in [0.717, 1.165) is 5.56 Å².